The van der Waals surface area contributed by atoms with Gasteiger partial charge in [-0.1, -0.05) is 30.3 Å². The van der Waals surface area contributed by atoms with E-state index >= 15 is 0 Å². The van der Waals surface area contributed by atoms with Gasteiger partial charge in [0.1, 0.15) is 12.4 Å². The van der Waals surface area contributed by atoms with E-state index in [0.717, 1.165) is 30.8 Å². The van der Waals surface area contributed by atoms with Crippen LogP contribution in [0.5, 0.6) is 5.75 Å². The molecule has 0 bridgehead atoms. The molecule has 1 fully saturated rings. The summed E-state index contributed by atoms with van der Waals surface area (Å²) in [6.45, 7) is 2.59. The van der Waals surface area contributed by atoms with Crippen LogP contribution in [0.15, 0.2) is 59.5 Å². The topological polar surface area (TPSA) is 78.9 Å². The van der Waals surface area contributed by atoms with Gasteiger partial charge in [-0.3, -0.25) is 4.90 Å². The van der Waals surface area contributed by atoms with Crippen molar-refractivity contribution in [2.45, 2.75) is 23.9 Å². The van der Waals surface area contributed by atoms with Gasteiger partial charge in [-0.25, -0.2) is 13.1 Å². The Morgan fingerprint density at radius 2 is 1.85 bits per heavy atom. The maximum Gasteiger partial charge on any atom is 0.240 e. The summed E-state index contributed by atoms with van der Waals surface area (Å²) in [6.07, 6.45) is 0.795. The smallest absolute Gasteiger partial charge is 0.240 e. The van der Waals surface area contributed by atoms with Gasteiger partial charge in [-0.05, 0) is 36.2 Å². The third kappa shape index (κ3) is 5.04. The van der Waals surface area contributed by atoms with Gasteiger partial charge >= 0.3 is 0 Å². The SMILES string of the molecule is O=S(=O)(N[C@@H]1CCN(Cc2ccc(OCCO)cc2)C1)c1ccccc1. The summed E-state index contributed by atoms with van der Waals surface area (Å²) >= 11 is 0. The lowest BCUT2D eigenvalue weighted by Gasteiger charge is -2.17. The molecule has 0 unspecified atom stereocenters. The van der Waals surface area contributed by atoms with Crippen molar-refractivity contribution in [2.24, 2.45) is 0 Å². The fourth-order valence-electron chi connectivity index (χ4n) is 3.07. The van der Waals surface area contributed by atoms with Crippen LogP contribution in [0.2, 0.25) is 0 Å². The Balaban J connectivity index is 1.52. The maximum atomic E-state index is 12.4. The molecule has 0 radical (unpaired) electrons. The molecule has 1 atom stereocenters. The Labute approximate surface area is 154 Å². The highest BCUT2D eigenvalue weighted by Crippen LogP contribution is 2.18. The molecular weight excluding hydrogens is 352 g/mol. The van der Waals surface area contributed by atoms with Crippen LogP contribution in [-0.2, 0) is 16.6 Å². The highest BCUT2D eigenvalue weighted by molar-refractivity contribution is 7.89. The number of nitrogens with one attached hydrogen (secondary N) is 1. The molecule has 2 N–H and O–H groups in total. The van der Waals surface area contributed by atoms with E-state index in [-0.39, 0.29) is 19.3 Å². The molecule has 6 nitrogen and oxygen atoms in total. The molecule has 1 saturated heterocycles. The van der Waals surface area contributed by atoms with Gasteiger partial charge in [-0.2, -0.15) is 0 Å². The van der Waals surface area contributed by atoms with Crippen molar-refractivity contribution in [2.75, 3.05) is 26.3 Å². The van der Waals surface area contributed by atoms with Crippen LogP contribution in [0.3, 0.4) is 0 Å². The van der Waals surface area contributed by atoms with E-state index in [1.54, 1.807) is 30.3 Å². The van der Waals surface area contributed by atoms with Gasteiger partial charge in [0, 0.05) is 25.7 Å². The number of aliphatic hydroxyl groups is 1. The predicted octanol–water partition coefficient (Wildman–Crippen LogP) is 1.61. The standard InChI is InChI=1S/C19H24N2O4S/c22-12-13-25-18-8-6-16(7-9-18)14-21-11-10-17(15-21)20-26(23,24)19-4-2-1-3-5-19/h1-9,17,20,22H,10-15H2/t17-/m1/s1. The van der Waals surface area contributed by atoms with E-state index in [9.17, 15) is 8.42 Å². The number of likely N-dealkylation sites (tertiary alicyclic amines) is 1. The number of rotatable bonds is 8. The molecule has 26 heavy (non-hydrogen) atoms. The Kier molecular flexibility index (Phi) is 6.26. The van der Waals surface area contributed by atoms with Gasteiger partial charge < -0.3 is 9.84 Å². The van der Waals surface area contributed by atoms with Crippen LogP contribution in [0.25, 0.3) is 0 Å². The van der Waals surface area contributed by atoms with Crippen LogP contribution in [0.1, 0.15) is 12.0 Å². The number of sulfonamides is 1. The first-order valence-corrected chi connectivity index (χ1v) is 10.2. The van der Waals surface area contributed by atoms with Crippen molar-refractivity contribution in [3.63, 3.8) is 0 Å². The number of hydrogen-bond acceptors (Lipinski definition) is 5. The summed E-state index contributed by atoms with van der Waals surface area (Å²) < 4.78 is 33.0. The number of benzene rings is 2. The van der Waals surface area contributed by atoms with Crippen molar-refractivity contribution in [1.29, 1.82) is 0 Å². The third-order valence-corrected chi connectivity index (χ3v) is 5.87. The molecular formula is C19H24N2O4S. The molecule has 3 rings (SSSR count). The average Bonchev–Trinajstić information content (AvgIpc) is 3.08. The van der Waals surface area contributed by atoms with Crippen molar-refractivity contribution in [3.05, 3.63) is 60.2 Å². The van der Waals surface area contributed by atoms with E-state index in [4.69, 9.17) is 9.84 Å². The molecule has 2 aromatic carbocycles. The molecule has 1 aliphatic rings. The lowest BCUT2D eigenvalue weighted by molar-refractivity contribution is 0.201. The Hall–Kier alpha value is -1.93. The van der Waals surface area contributed by atoms with Gasteiger partial charge in [0.2, 0.25) is 10.0 Å². The van der Waals surface area contributed by atoms with Crippen LogP contribution in [-0.4, -0.2) is 50.8 Å². The minimum absolute atomic E-state index is 0.00416. The first kappa shape index (κ1) is 18.8. The summed E-state index contributed by atoms with van der Waals surface area (Å²) in [5.41, 5.74) is 1.15. The molecule has 140 valence electrons. The lowest BCUT2D eigenvalue weighted by Crippen LogP contribution is -2.36. The van der Waals surface area contributed by atoms with Crippen LogP contribution in [0.4, 0.5) is 0 Å². The fraction of sp³-hybridized carbons (Fsp3) is 0.368. The number of ether oxygens (including phenoxy) is 1. The van der Waals surface area contributed by atoms with Crippen molar-refractivity contribution in [3.8, 4) is 5.75 Å². The summed E-state index contributed by atoms with van der Waals surface area (Å²) in [7, 11) is -3.47. The van der Waals surface area contributed by atoms with Gasteiger partial charge in [-0.15, -0.1) is 0 Å². The zero-order chi connectivity index (χ0) is 18.4. The quantitative estimate of drug-likeness (QED) is 0.732. The van der Waals surface area contributed by atoms with Crippen LogP contribution < -0.4 is 9.46 Å². The summed E-state index contributed by atoms with van der Waals surface area (Å²) in [5, 5.41) is 8.77. The zero-order valence-electron chi connectivity index (χ0n) is 14.5. The van der Waals surface area contributed by atoms with E-state index in [1.807, 2.05) is 24.3 Å². The van der Waals surface area contributed by atoms with Crippen molar-refractivity contribution in [1.82, 2.24) is 9.62 Å². The first-order chi connectivity index (χ1) is 12.6. The van der Waals surface area contributed by atoms with E-state index in [2.05, 4.69) is 9.62 Å². The summed E-state index contributed by atoms with van der Waals surface area (Å²) in [5.74, 6) is 0.734. The monoisotopic (exact) mass is 376 g/mol. The summed E-state index contributed by atoms with van der Waals surface area (Å²) in [4.78, 5) is 2.54. The predicted molar refractivity (Wildman–Crippen MR) is 99.5 cm³/mol. The normalized spacial score (nSPS) is 18.1. The van der Waals surface area contributed by atoms with E-state index in [0.29, 0.717) is 11.4 Å². The molecule has 1 aliphatic heterocycles. The minimum atomic E-state index is -3.47. The molecule has 0 amide bonds. The number of hydrogen-bond donors (Lipinski definition) is 2. The van der Waals surface area contributed by atoms with Gasteiger partial charge in [0.25, 0.3) is 0 Å². The Bertz CT molecular complexity index is 794. The Morgan fingerprint density at radius 1 is 1.12 bits per heavy atom. The second-order valence-corrected chi connectivity index (χ2v) is 8.09. The molecule has 2 aromatic rings. The van der Waals surface area contributed by atoms with Gasteiger partial charge in [0.05, 0.1) is 11.5 Å². The Morgan fingerprint density at radius 3 is 2.54 bits per heavy atom. The van der Waals surface area contributed by atoms with Crippen molar-refractivity contribution >= 4 is 10.0 Å². The van der Waals surface area contributed by atoms with Crippen LogP contribution in [0, 0.1) is 0 Å². The van der Waals surface area contributed by atoms with E-state index < -0.39 is 10.0 Å². The molecule has 0 saturated carbocycles. The fourth-order valence-corrected chi connectivity index (χ4v) is 4.36. The molecule has 1 heterocycles. The van der Waals surface area contributed by atoms with Gasteiger partial charge in [0.15, 0.2) is 0 Å². The lowest BCUT2D eigenvalue weighted by atomic mass is 10.2. The summed E-state index contributed by atoms with van der Waals surface area (Å²) in [6, 6.07) is 16.1. The zero-order valence-corrected chi connectivity index (χ0v) is 15.4. The largest absolute Gasteiger partial charge is 0.491 e. The highest BCUT2D eigenvalue weighted by atomic mass is 32.2. The highest BCUT2D eigenvalue weighted by Gasteiger charge is 2.27. The average molecular weight is 376 g/mol. The maximum absolute atomic E-state index is 12.4. The molecule has 0 spiro atoms. The van der Waals surface area contributed by atoms with Crippen LogP contribution >= 0.6 is 0 Å². The number of aliphatic hydroxyl groups excluding tert-OH is 1. The second kappa shape index (κ2) is 8.64. The number of nitrogens with zero attached hydrogens (tertiary/aromatic N) is 1. The molecule has 0 aliphatic carbocycles. The third-order valence-electron chi connectivity index (χ3n) is 4.34. The van der Waals surface area contributed by atoms with Crippen molar-refractivity contribution < 1.29 is 18.3 Å². The molecule has 7 heteroatoms. The second-order valence-electron chi connectivity index (χ2n) is 6.37. The molecule has 0 aromatic heterocycles. The first-order valence-electron chi connectivity index (χ1n) is 8.69. The van der Waals surface area contributed by atoms with E-state index in [1.165, 1.54) is 0 Å². The minimum Gasteiger partial charge on any atom is -0.491 e.